The molecule has 12 rings (SSSR count). The summed E-state index contributed by atoms with van der Waals surface area (Å²) in [5.41, 5.74) is 12.4. The third-order valence-electron chi connectivity index (χ3n) is 23.8. The van der Waals surface area contributed by atoms with Gasteiger partial charge in [0.05, 0.1) is 0 Å². The van der Waals surface area contributed by atoms with Gasteiger partial charge in [-0.3, -0.25) is 0 Å². The van der Waals surface area contributed by atoms with Gasteiger partial charge in [0.25, 0.3) is 0 Å². The van der Waals surface area contributed by atoms with E-state index >= 15 is 0 Å². The Bertz CT molecular complexity index is 2910. The van der Waals surface area contributed by atoms with E-state index in [1.54, 1.807) is 22.3 Å². The molecule has 0 heterocycles. The Morgan fingerprint density at radius 2 is 0.606 bits per heavy atom. The van der Waals surface area contributed by atoms with Gasteiger partial charge in [-0.1, -0.05) is 335 Å². The van der Waals surface area contributed by atoms with Crippen molar-refractivity contribution < 1.29 is 20.8 Å². The maximum absolute atomic E-state index is 4.93. The van der Waals surface area contributed by atoms with Crippen LogP contribution in [0, 0.1) is 119 Å². The number of unbranched alkanes of at least 4 members (excludes halogenated alkanes) is 2. The van der Waals surface area contributed by atoms with E-state index < -0.39 is 20.8 Å². The quantitative estimate of drug-likeness (QED) is 0.0596. The van der Waals surface area contributed by atoms with Gasteiger partial charge in [-0.25, -0.2) is 0 Å². The van der Waals surface area contributed by atoms with Crippen molar-refractivity contribution in [1.82, 2.24) is 0 Å². The molecule has 504 valence electrons. The molecular formula is C91H122Cl2Zr. The van der Waals surface area contributed by atoms with Crippen LogP contribution < -0.4 is 0 Å². The van der Waals surface area contributed by atoms with Crippen molar-refractivity contribution in [3.05, 3.63) is 266 Å². The number of hydrogen-bond donors (Lipinski definition) is 0. The van der Waals surface area contributed by atoms with E-state index in [0.29, 0.717) is 71.0 Å². The topological polar surface area (TPSA) is 0 Å². The average Bonchev–Trinajstić information content (AvgIpc) is 1.50. The van der Waals surface area contributed by atoms with Gasteiger partial charge in [-0.05, 0) is 200 Å². The zero-order chi connectivity index (χ0) is 65.6. The van der Waals surface area contributed by atoms with Gasteiger partial charge in [-0.15, -0.1) is 0 Å². The predicted octanol–water partition coefficient (Wildman–Crippen LogP) is 26.7. The first-order valence-corrected chi connectivity index (χ1v) is 42.8. The second-order valence-electron chi connectivity index (χ2n) is 33.7. The van der Waals surface area contributed by atoms with Gasteiger partial charge < -0.3 is 14.9 Å². The van der Waals surface area contributed by atoms with Gasteiger partial charge in [0.15, 0.2) is 0 Å². The number of hydrogen-bond acceptors (Lipinski definition) is 0. The fourth-order valence-electron chi connectivity index (χ4n) is 19.7. The molecule has 0 saturated heterocycles. The number of fused-ring (bicyclic) bond motifs is 6. The SMILES string of the molecule is CC(C)(C)C1=CC2C(C=C1)C1C=CC(C(C)(C)C)=CC1C2C(c1ccccc1)(c1ccccc1)C1CCC(CCC/C=C/CCCC2CCC(C(c3ccccc3)(c3ccccc3)C3C4C=C(C(C)(C)C)C=CC4C4C=CC(C(C)(C)C)=CC43)C2)C1.CCC.[CH3-].[CH3-].[Cl][Zr+2][Cl]. The Morgan fingerprint density at radius 3 is 0.830 bits per heavy atom. The summed E-state index contributed by atoms with van der Waals surface area (Å²) < 4.78 is 0. The van der Waals surface area contributed by atoms with Crippen LogP contribution >= 0.6 is 17.0 Å². The van der Waals surface area contributed by atoms with Gasteiger partial charge in [0.2, 0.25) is 0 Å². The van der Waals surface area contributed by atoms with Crippen LogP contribution in [0.3, 0.4) is 0 Å². The molecule has 4 aromatic rings. The Labute approximate surface area is 594 Å². The number of rotatable bonds is 16. The minimum absolute atomic E-state index is 0. The molecule has 0 aromatic heterocycles. The Balaban J connectivity index is 0.00000137. The summed E-state index contributed by atoms with van der Waals surface area (Å²) in [4.78, 5) is 0. The van der Waals surface area contributed by atoms with E-state index in [1.807, 2.05) is 0 Å². The standard InChI is InChI=1S/C86H108.C3H8.2CH3.2ClH.Zr/c1-81(2,3)65-45-49-71-72-50-46-66(82(4,5)6)56-76(72)79(75(71)55-65)85(61-33-23-17-24-34-61,62-35-25-18-26-36-62)69-43-41-59(53-69)31-21-15-13-14-16-22-32-60-42-44-70(54-60)86(63-37-27-19-28-38-63,64-39-29-20-30-40-64)80-77-57-67(83(7,8)9)47-51-73(77)74-52-48-68(58-78(74)80)84(10,11)12;1-3-2;;;;;/h13-14,17-20,23-30,33-40,45-52,55-60,69-80H,15-16,21-22,31-32,41-44,53-54H2,1-12H3;3H2,1-2H3;2*1H3;2*1H;/q;;2*-1;;;+4/p-2/b14-13+;;;;;;. The third kappa shape index (κ3) is 15.9. The summed E-state index contributed by atoms with van der Waals surface area (Å²) in [6.07, 6.45) is 53.8. The molecule has 0 radical (unpaired) electrons. The van der Waals surface area contributed by atoms with E-state index in [9.17, 15) is 0 Å². The zero-order valence-corrected chi connectivity index (χ0v) is 65.1. The van der Waals surface area contributed by atoms with E-state index in [0.717, 1.165) is 11.8 Å². The molecular weight excluding hydrogens is 1260 g/mol. The first kappa shape index (κ1) is 75.8. The van der Waals surface area contributed by atoms with Crippen molar-refractivity contribution in [2.75, 3.05) is 0 Å². The summed E-state index contributed by atoms with van der Waals surface area (Å²) in [6, 6.07) is 48.0. The third-order valence-corrected chi connectivity index (χ3v) is 23.8. The molecule has 4 saturated carbocycles. The average molecular weight is 1380 g/mol. The summed E-state index contributed by atoms with van der Waals surface area (Å²) in [7, 11) is 9.87. The Hall–Kier alpha value is -4.00. The molecule has 0 aliphatic heterocycles. The van der Waals surface area contributed by atoms with Crippen molar-refractivity contribution >= 4 is 17.0 Å². The molecule has 8 aliphatic rings. The number of halogens is 2. The fraction of sp³-hybridized carbons (Fsp3) is 0.516. The van der Waals surface area contributed by atoms with Crippen molar-refractivity contribution in [3.63, 3.8) is 0 Å². The van der Waals surface area contributed by atoms with E-state index in [1.165, 1.54) is 106 Å². The van der Waals surface area contributed by atoms with Crippen LogP contribution in [0.2, 0.25) is 0 Å². The molecule has 4 aromatic carbocycles. The summed E-state index contributed by atoms with van der Waals surface area (Å²) in [6.45, 7) is 33.3. The maximum atomic E-state index is 4.93. The van der Waals surface area contributed by atoms with Gasteiger partial charge in [0.1, 0.15) is 0 Å². The van der Waals surface area contributed by atoms with Crippen LogP contribution in [0.1, 0.15) is 203 Å². The van der Waals surface area contributed by atoms with E-state index in [-0.39, 0.29) is 47.3 Å². The molecule has 0 nitrogen and oxygen atoms in total. The van der Waals surface area contributed by atoms with Crippen molar-refractivity contribution in [3.8, 4) is 0 Å². The van der Waals surface area contributed by atoms with Crippen molar-refractivity contribution in [1.29, 1.82) is 0 Å². The first-order chi connectivity index (χ1) is 44.0. The van der Waals surface area contributed by atoms with Crippen LogP contribution in [0.5, 0.6) is 0 Å². The van der Waals surface area contributed by atoms with Crippen LogP contribution in [0.25, 0.3) is 0 Å². The fourth-order valence-corrected chi connectivity index (χ4v) is 19.7. The van der Waals surface area contributed by atoms with Crippen LogP contribution in [-0.2, 0) is 31.7 Å². The molecule has 3 heteroatoms. The summed E-state index contributed by atoms with van der Waals surface area (Å²) >= 11 is -0.826. The summed E-state index contributed by atoms with van der Waals surface area (Å²) in [5.74, 6) is 7.41. The second kappa shape index (κ2) is 32.3. The Kier molecular flexibility index (Phi) is 26.1. The first-order valence-electron chi connectivity index (χ1n) is 36.5. The molecule has 0 spiro atoms. The molecule has 8 aliphatic carbocycles. The van der Waals surface area contributed by atoms with Crippen molar-refractivity contribution in [2.45, 2.75) is 191 Å². The predicted molar refractivity (Wildman–Crippen MR) is 408 cm³/mol. The monoisotopic (exact) mass is 1370 g/mol. The number of benzene rings is 4. The van der Waals surface area contributed by atoms with Crippen LogP contribution in [0.15, 0.2) is 229 Å². The molecule has 0 amide bonds. The van der Waals surface area contributed by atoms with E-state index in [4.69, 9.17) is 17.0 Å². The van der Waals surface area contributed by atoms with Gasteiger partial charge >= 0.3 is 37.9 Å². The summed E-state index contributed by atoms with van der Waals surface area (Å²) in [5, 5.41) is 0. The molecule has 12 unspecified atom stereocenters. The normalized spacial score (nSPS) is 28.5. The molecule has 4 fully saturated rings. The zero-order valence-electron chi connectivity index (χ0n) is 61.2. The second-order valence-corrected chi connectivity index (χ2v) is 37.4. The van der Waals surface area contributed by atoms with E-state index in [2.05, 4.69) is 303 Å². The molecule has 94 heavy (non-hydrogen) atoms. The number of allylic oxidation sites excluding steroid dienone is 18. The van der Waals surface area contributed by atoms with Gasteiger partial charge in [-0.2, -0.15) is 0 Å². The van der Waals surface area contributed by atoms with Crippen LogP contribution in [0.4, 0.5) is 0 Å². The molecule has 0 bridgehead atoms. The molecule has 0 N–H and O–H groups in total. The Morgan fingerprint density at radius 1 is 0.372 bits per heavy atom. The minimum atomic E-state index is -0.826. The van der Waals surface area contributed by atoms with Gasteiger partial charge in [0, 0.05) is 10.8 Å². The van der Waals surface area contributed by atoms with Crippen molar-refractivity contribution in [2.24, 2.45) is 105 Å². The molecule has 12 atom stereocenters. The van der Waals surface area contributed by atoms with Crippen LogP contribution in [-0.4, -0.2) is 0 Å².